The second-order valence-corrected chi connectivity index (χ2v) is 11.0. The first kappa shape index (κ1) is 24.3. The van der Waals surface area contributed by atoms with Gasteiger partial charge in [-0.2, -0.15) is 0 Å². The number of rotatable bonds is 9. The summed E-state index contributed by atoms with van der Waals surface area (Å²) >= 11 is 9.14. The fraction of sp³-hybridized carbons (Fsp3) is 0.346. The Kier molecular flexibility index (Phi) is 7.72. The molecule has 0 aliphatic carbocycles. The molecule has 3 heterocycles. The number of aromatic nitrogens is 2. The number of amides is 1. The van der Waals surface area contributed by atoms with Crippen LogP contribution in [-0.2, 0) is 21.8 Å². The summed E-state index contributed by atoms with van der Waals surface area (Å²) in [5.74, 6) is 0.625. The minimum Gasteiger partial charge on any atom is -0.376 e. The normalized spacial score (nSPS) is 15.7. The van der Waals surface area contributed by atoms with Crippen LogP contribution in [0.25, 0.3) is 20.3 Å². The second-order valence-electron chi connectivity index (χ2n) is 8.59. The first-order valence-electron chi connectivity index (χ1n) is 11.8. The van der Waals surface area contributed by atoms with Gasteiger partial charge in [0, 0.05) is 47.0 Å². The first-order chi connectivity index (χ1) is 17.1. The number of halogens is 1. The van der Waals surface area contributed by atoms with Crippen LogP contribution in [-0.4, -0.2) is 34.7 Å². The zero-order chi connectivity index (χ0) is 24.2. The van der Waals surface area contributed by atoms with E-state index in [1.807, 2.05) is 48.5 Å². The lowest BCUT2D eigenvalue weighted by molar-refractivity contribution is -0.121. The predicted molar refractivity (Wildman–Crippen MR) is 144 cm³/mol. The van der Waals surface area contributed by atoms with Crippen LogP contribution in [0.5, 0.6) is 0 Å². The van der Waals surface area contributed by atoms with Gasteiger partial charge in [-0.25, -0.2) is 4.98 Å². The molecule has 1 N–H and O–H groups in total. The predicted octanol–water partition coefficient (Wildman–Crippen LogP) is 5.63. The molecule has 1 unspecified atom stereocenters. The molecular weight excluding hydrogens is 502 g/mol. The quantitative estimate of drug-likeness (QED) is 0.225. The van der Waals surface area contributed by atoms with Crippen molar-refractivity contribution < 1.29 is 9.53 Å². The van der Waals surface area contributed by atoms with E-state index in [0.29, 0.717) is 46.6 Å². The molecule has 5 rings (SSSR count). The number of hydrogen-bond donors (Lipinski definition) is 1. The summed E-state index contributed by atoms with van der Waals surface area (Å²) in [5, 5.41) is 5.29. The fourth-order valence-corrected chi connectivity index (χ4v) is 6.52. The van der Waals surface area contributed by atoms with Crippen LogP contribution in [0.3, 0.4) is 0 Å². The van der Waals surface area contributed by atoms with Gasteiger partial charge in [-0.1, -0.05) is 53.7 Å². The van der Waals surface area contributed by atoms with E-state index in [9.17, 15) is 9.59 Å². The van der Waals surface area contributed by atoms with Crippen molar-refractivity contribution in [3.05, 3.63) is 69.5 Å². The number of carbonyl (C=O) groups is 1. The fourth-order valence-electron chi connectivity index (χ4n) is 4.25. The number of ether oxygens (including phenoxy) is 1. The third kappa shape index (κ3) is 5.72. The molecule has 1 amide bonds. The van der Waals surface area contributed by atoms with Crippen LogP contribution in [0.15, 0.2) is 58.5 Å². The van der Waals surface area contributed by atoms with E-state index < -0.39 is 0 Å². The third-order valence-corrected chi connectivity index (χ3v) is 8.47. The number of thioether (sulfide) groups is 1. The molecule has 1 aliphatic rings. The maximum Gasteiger partial charge on any atom is 0.272 e. The van der Waals surface area contributed by atoms with Gasteiger partial charge in [0.1, 0.15) is 4.70 Å². The van der Waals surface area contributed by atoms with Gasteiger partial charge in [0.05, 0.1) is 11.6 Å². The molecule has 4 aromatic rings. The molecule has 0 spiro atoms. The number of carbonyl (C=O) groups excluding carboxylic acids is 1. The number of hydrogen-bond acceptors (Lipinski definition) is 6. The maximum atomic E-state index is 13.5. The molecule has 1 atom stereocenters. The number of nitrogens with zero attached hydrogens (tertiary/aromatic N) is 2. The minimum absolute atomic E-state index is 0.0161. The van der Waals surface area contributed by atoms with Gasteiger partial charge >= 0.3 is 0 Å². The summed E-state index contributed by atoms with van der Waals surface area (Å²) in [7, 11) is 0. The van der Waals surface area contributed by atoms with Crippen LogP contribution in [0, 0.1) is 0 Å². The average Bonchev–Trinajstić information content (AvgIpc) is 3.51. The van der Waals surface area contributed by atoms with Crippen molar-refractivity contribution in [1.82, 2.24) is 14.9 Å². The summed E-state index contributed by atoms with van der Waals surface area (Å²) < 4.78 is 8.99. The highest BCUT2D eigenvalue weighted by molar-refractivity contribution is 7.98. The SMILES string of the molecule is O=C(CCCn1c(SCc2cccc(Cl)c2)nc2c(sc3ccccc32)c1=O)NCC1CCCO1. The molecule has 1 fully saturated rings. The monoisotopic (exact) mass is 527 g/mol. The molecule has 0 saturated carbocycles. The van der Waals surface area contributed by atoms with E-state index in [2.05, 4.69) is 5.32 Å². The highest BCUT2D eigenvalue weighted by Crippen LogP contribution is 2.32. The largest absolute Gasteiger partial charge is 0.376 e. The van der Waals surface area contributed by atoms with E-state index in [1.165, 1.54) is 23.1 Å². The third-order valence-electron chi connectivity index (χ3n) is 6.04. The van der Waals surface area contributed by atoms with Gasteiger partial charge in [-0.15, -0.1) is 11.3 Å². The Hall–Kier alpha value is -2.39. The van der Waals surface area contributed by atoms with Gasteiger partial charge in [0.15, 0.2) is 5.16 Å². The molecule has 2 aromatic carbocycles. The van der Waals surface area contributed by atoms with Crippen molar-refractivity contribution in [2.75, 3.05) is 13.2 Å². The molecule has 9 heteroatoms. The Labute approximate surface area is 216 Å². The molecule has 1 aliphatic heterocycles. The van der Waals surface area contributed by atoms with E-state index >= 15 is 0 Å². The van der Waals surface area contributed by atoms with Crippen molar-refractivity contribution in [2.24, 2.45) is 0 Å². The van der Waals surface area contributed by atoms with Gasteiger partial charge in [-0.05, 0) is 43.0 Å². The second kappa shape index (κ2) is 11.1. The molecule has 2 aromatic heterocycles. The topological polar surface area (TPSA) is 73.2 Å². The average molecular weight is 528 g/mol. The first-order valence-corrected chi connectivity index (χ1v) is 13.9. The van der Waals surface area contributed by atoms with Gasteiger partial charge in [0.2, 0.25) is 5.91 Å². The van der Waals surface area contributed by atoms with Crippen LogP contribution in [0.4, 0.5) is 0 Å². The van der Waals surface area contributed by atoms with Crippen molar-refractivity contribution in [1.29, 1.82) is 0 Å². The number of thiophene rings is 1. The van der Waals surface area contributed by atoms with Crippen molar-refractivity contribution >= 4 is 60.9 Å². The number of benzene rings is 2. The van der Waals surface area contributed by atoms with Gasteiger partial charge in [-0.3, -0.25) is 14.2 Å². The molecule has 35 heavy (non-hydrogen) atoms. The van der Waals surface area contributed by atoms with Gasteiger partial charge < -0.3 is 10.1 Å². The standard InChI is InChI=1S/C26H26ClN3O3S2/c27-18-7-3-6-17(14-18)16-34-26-29-23-20-9-1-2-10-21(20)35-24(23)25(32)30(26)12-4-11-22(31)28-15-19-8-5-13-33-19/h1-3,6-7,9-10,14,19H,4-5,8,11-13,15-16H2,(H,28,31). The number of nitrogens with one attached hydrogen (secondary N) is 1. The molecule has 0 bridgehead atoms. The minimum atomic E-state index is -0.0513. The van der Waals surface area contributed by atoms with Crippen LogP contribution < -0.4 is 10.9 Å². The Balaban J connectivity index is 1.36. The smallest absolute Gasteiger partial charge is 0.272 e. The number of fused-ring (bicyclic) bond motifs is 3. The van der Waals surface area contributed by atoms with Crippen molar-refractivity contribution in [2.45, 2.75) is 49.2 Å². The van der Waals surface area contributed by atoms with E-state index in [0.717, 1.165) is 40.6 Å². The Bertz CT molecular complexity index is 1410. The zero-order valence-corrected chi connectivity index (χ0v) is 21.6. The maximum absolute atomic E-state index is 13.5. The Morgan fingerprint density at radius 1 is 1.26 bits per heavy atom. The summed E-state index contributed by atoms with van der Waals surface area (Å²) in [4.78, 5) is 30.8. The van der Waals surface area contributed by atoms with Gasteiger partial charge in [0.25, 0.3) is 5.56 Å². The summed E-state index contributed by atoms with van der Waals surface area (Å²) in [6.45, 7) is 1.75. The lowest BCUT2D eigenvalue weighted by Crippen LogP contribution is -2.32. The van der Waals surface area contributed by atoms with E-state index in [-0.39, 0.29) is 17.6 Å². The zero-order valence-electron chi connectivity index (χ0n) is 19.2. The summed E-state index contributed by atoms with van der Waals surface area (Å²) in [6.07, 6.45) is 3.06. The molecule has 182 valence electrons. The van der Waals surface area contributed by atoms with Crippen LogP contribution in [0.1, 0.15) is 31.2 Å². The summed E-state index contributed by atoms with van der Waals surface area (Å²) in [6, 6.07) is 15.7. The molecule has 1 saturated heterocycles. The van der Waals surface area contributed by atoms with Crippen molar-refractivity contribution in [3.63, 3.8) is 0 Å². The lowest BCUT2D eigenvalue weighted by atomic mass is 10.2. The highest BCUT2D eigenvalue weighted by atomic mass is 35.5. The molecule has 0 radical (unpaired) electrons. The van der Waals surface area contributed by atoms with Crippen LogP contribution >= 0.6 is 34.7 Å². The van der Waals surface area contributed by atoms with E-state index in [1.54, 1.807) is 4.57 Å². The lowest BCUT2D eigenvalue weighted by Gasteiger charge is -2.13. The van der Waals surface area contributed by atoms with Crippen molar-refractivity contribution in [3.8, 4) is 0 Å². The highest BCUT2D eigenvalue weighted by Gasteiger charge is 2.18. The van der Waals surface area contributed by atoms with E-state index in [4.69, 9.17) is 21.3 Å². The Morgan fingerprint density at radius 2 is 2.14 bits per heavy atom. The van der Waals surface area contributed by atoms with Crippen LogP contribution in [0.2, 0.25) is 5.02 Å². The Morgan fingerprint density at radius 3 is 2.97 bits per heavy atom. The summed E-state index contributed by atoms with van der Waals surface area (Å²) in [5.41, 5.74) is 1.76. The molecular formula is C26H26ClN3O3S2. The molecule has 6 nitrogen and oxygen atoms in total.